The van der Waals surface area contributed by atoms with E-state index in [-0.39, 0.29) is 0 Å². The molecule has 0 saturated carbocycles. The van der Waals surface area contributed by atoms with Crippen molar-refractivity contribution in [2.45, 2.75) is 6.92 Å². The first-order chi connectivity index (χ1) is 5.74. The van der Waals surface area contributed by atoms with Gasteiger partial charge in [0.25, 0.3) is 0 Å². The predicted octanol–water partition coefficient (Wildman–Crippen LogP) is 1.86. The minimum Gasteiger partial charge on any atom is -0.398 e. The van der Waals surface area contributed by atoms with Gasteiger partial charge in [-0.15, -0.1) is 0 Å². The molecule has 0 aliphatic carbocycles. The normalized spacial score (nSPS) is 8.83. The van der Waals surface area contributed by atoms with Gasteiger partial charge in [-0.05, 0) is 24.6 Å². The molecule has 1 aromatic rings. The first kappa shape index (κ1) is 9.02. The third kappa shape index (κ3) is 2.21. The number of nitrogens with two attached hydrogens (primary N) is 1. The molecule has 0 radical (unpaired) electrons. The topological polar surface area (TPSA) is 26.0 Å². The molecule has 0 saturated heterocycles. The van der Waals surface area contributed by atoms with E-state index in [1.165, 1.54) is 0 Å². The molecule has 0 bridgehead atoms. The second-order valence-corrected chi connectivity index (χ2v) is 2.85. The molecule has 0 heterocycles. The summed E-state index contributed by atoms with van der Waals surface area (Å²) in [5.41, 5.74) is 8.54. The Kier molecular flexibility index (Phi) is 3.07. The van der Waals surface area contributed by atoms with Crippen LogP contribution in [0.1, 0.15) is 11.1 Å². The maximum absolute atomic E-state index is 5.71. The molecule has 0 unspecified atom stereocenters. The van der Waals surface area contributed by atoms with Crippen molar-refractivity contribution < 1.29 is 0 Å². The van der Waals surface area contributed by atoms with Gasteiger partial charge in [0.1, 0.15) is 0 Å². The molecule has 0 aliphatic heterocycles. The molecule has 0 spiro atoms. The van der Waals surface area contributed by atoms with Crippen LogP contribution in [0.4, 0.5) is 5.69 Å². The smallest absolute Gasteiger partial charge is 0.0521 e. The molecule has 12 heavy (non-hydrogen) atoms. The SMILES string of the molecule is Cc1ccc(C#CCS)cc1N. The number of rotatable bonds is 0. The van der Waals surface area contributed by atoms with Gasteiger partial charge in [0, 0.05) is 11.3 Å². The van der Waals surface area contributed by atoms with Crippen LogP contribution in [-0.2, 0) is 0 Å². The Bertz CT molecular complexity index is 333. The fourth-order valence-electron chi connectivity index (χ4n) is 0.860. The van der Waals surface area contributed by atoms with Crippen LogP contribution in [-0.4, -0.2) is 5.75 Å². The number of hydrogen-bond acceptors (Lipinski definition) is 2. The quantitative estimate of drug-likeness (QED) is 0.353. The number of benzene rings is 1. The van der Waals surface area contributed by atoms with Crippen molar-refractivity contribution in [2.75, 3.05) is 11.5 Å². The van der Waals surface area contributed by atoms with Crippen LogP contribution in [0.5, 0.6) is 0 Å². The molecule has 0 aromatic heterocycles. The van der Waals surface area contributed by atoms with Gasteiger partial charge >= 0.3 is 0 Å². The minimum atomic E-state index is 0.577. The van der Waals surface area contributed by atoms with Crippen LogP contribution in [0.2, 0.25) is 0 Å². The second-order valence-electron chi connectivity index (χ2n) is 2.53. The lowest BCUT2D eigenvalue weighted by Gasteiger charge is -1.98. The summed E-state index contributed by atoms with van der Waals surface area (Å²) in [5.74, 6) is 6.40. The third-order valence-corrected chi connectivity index (χ3v) is 1.75. The molecule has 0 fully saturated rings. The van der Waals surface area contributed by atoms with Gasteiger partial charge in [-0.25, -0.2) is 0 Å². The highest BCUT2D eigenvalue weighted by Gasteiger charge is 1.92. The molecule has 62 valence electrons. The highest BCUT2D eigenvalue weighted by molar-refractivity contribution is 7.80. The number of aryl methyl sites for hydroxylation is 1. The number of thiol groups is 1. The van der Waals surface area contributed by atoms with E-state index in [1.807, 2.05) is 25.1 Å². The van der Waals surface area contributed by atoms with Gasteiger partial charge in [0.15, 0.2) is 0 Å². The molecule has 1 rings (SSSR count). The fraction of sp³-hybridized carbons (Fsp3) is 0.200. The Hall–Kier alpha value is -1.07. The van der Waals surface area contributed by atoms with E-state index >= 15 is 0 Å². The molecule has 0 amide bonds. The molecule has 1 nitrogen and oxygen atoms in total. The van der Waals surface area contributed by atoms with E-state index in [0.29, 0.717) is 5.75 Å². The number of hydrogen-bond donors (Lipinski definition) is 2. The Morgan fingerprint density at radius 3 is 2.83 bits per heavy atom. The Morgan fingerprint density at radius 1 is 1.50 bits per heavy atom. The van der Waals surface area contributed by atoms with Crippen LogP contribution < -0.4 is 5.73 Å². The van der Waals surface area contributed by atoms with Crippen LogP contribution in [0.3, 0.4) is 0 Å². The first-order valence-corrected chi connectivity index (χ1v) is 4.33. The van der Waals surface area contributed by atoms with E-state index in [9.17, 15) is 0 Å². The molecular weight excluding hydrogens is 166 g/mol. The minimum absolute atomic E-state index is 0.577. The second kappa shape index (κ2) is 4.08. The monoisotopic (exact) mass is 177 g/mol. The van der Waals surface area contributed by atoms with E-state index in [4.69, 9.17) is 5.73 Å². The zero-order valence-corrected chi connectivity index (χ0v) is 7.86. The number of nitrogen functional groups attached to an aromatic ring is 1. The van der Waals surface area contributed by atoms with Crippen molar-refractivity contribution in [1.82, 2.24) is 0 Å². The highest BCUT2D eigenvalue weighted by Crippen LogP contribution is 2.11. The molecule has 2 heteroatoms. The van der Waals surface area contributed by atoms with Gasteiger partial charge < -0.3 is 5.73 Å². The first-order valence-electron chi connectivity index (χ1n) is 3.70. The zero-order chi connectivity index (χ0) is 8.97. The Morgan fingerprint density at radius 2 is 2.25 bits per heavy atom. The molecule has 1 aromatic carbocycles. The lowest BCUT2D eigenvalue weighted by molar-refractivity contribution is 1.46. The molecule has 0 aliphatic rings. The Labute approximate surface area is 78.4 Å². The van der Waals surface area contributed by atoms with Crippen molar-refractivity contribution in [2.24, 2.45) is 0 Å². The van der Waals surface area contributed by atoms with Crippen LogP contribution >= 0.6 is 12.6 Å². The average molecular weight is 177 g/mol. The van der Waals surface area contributed by atoms with Crippen LogP contribution in [0.25, 0.3) is 0 Å². The summed E-state index contributed by atoms with van der Waals surface area (Å²) in [7, 11) is 0. The summed E-state index contributed by atoms with van der Waals surface area (Å²) >= 11 is 3.99. The summed E-state index contributed by atoms with van der Waals surface area (Å²) in [6, 6.07) is 5.81. The van der Waals surface area contributed by atoms with Crippen LogP contribution in [0.15, 0.2) is 18.2 Å². The van der Waals surface area contributed by atoms with Crippen molar-refractivity contribution >= 4 is 18.3 Å². The third-order valence-electron chi connectivity index (χ3n) is 1.59. The van der Waals surface area contributed by atoms with E-state index in [1.54, 1.807) is 0 Å². The van der Waals surface area contributed by atoms with Gasteiger partial charge in [-0.1, -0.05) is 17.9 Å². The van der Waals surface area contributed by atoms with E-state index < -0.39 is 0 Å². The maximum Gasteiger partial charge on any atom is 0.0521 e. The summed E-state index contributed by atoms with van der Waals surface area (Å²) < 4.78 is 0. The fourth-order valence-corrected chi connectivity index (χ4v) is 0.939. The van der Waals surface area contributed by atoms with Gasteiger partial charge in [-0.3, -0.25) is 0 Å². The Balaban J connectivity index is 2.97. The van der Waals surface area contributed by atoms with Crippen molar-refractivity contribution in [3.63, 3.8) is 0 Å². The predicted molar refractivity (Wildman–Crippen MR) is 56.3 cm³/mol. The summed E-state index contributed by atoms with van der Waals surface area (Å²) in [6.45, 7) is 1.98. The summed E-state index contributed by atoms with van der Waals surface area (Å²) in [5, 5.41) is 0. The van der Waals surface area contributed by atoms with Gasteiger partial charge in [0.2, 0.25) is 0 Å². The van der Waals surface area contributed by atoms with Crippen molar-refractivity contribution in [1.29, 1.82) is 0 Å². The van der Waals surface area contributed by atoms with E-state index in [2.05, 4.69) is 24.5 Å². The largest absolute Gasteiger partial charge is 0.398 e. The molecule has 0 atom stereocenters. The average Bonchev–Trinajstić information content (AvgIpc) is 2.07. The lowest BCUT2D eigenvalue weighted by atomic mass is 10.1. The van der Waals surface area contributed by atoms with Gasteiger partial charge in [-0.2, -0.15) is 12.6 Å². The van der Waals surface area contributed by atoms with Gasteiger partial charge in [0.05, 0.1) is 5.75 Å². The van der Waals surface area contributed by atoms with Crippen molar-refractivity contribution in [3.8, 4) is 11.8 Å². The highest BCUT2D eigenvalue weighted by atomic mass is 32.1. The summed E-state index contributed by atoms with van der Waals surface area (Å²) in [4.78, 5) is 0. The zero-order valence-electron chi connectivity index (χ0n) is 6.96. The lowest BCUT2D eigenvalue weighted by Crippen LogP contribution is -1.89. The summed E-state index contributed by atoms with van der Waals surface area (Å²) in [6.07, 6.45) is 0. The van der Waals surface area contributed by atoms with Crippen molar-refractivity contribution in [3.05, 3.63) is 29.3 Å². The molecule has 2 N–H and O–H groups in total. The maximum atomic E-state index is 5.71. The van der Waals surface area contributed by atoms with Crippen LogP contribution in [0, 0.1) is 18.8 Å². The number of anilines is 1. The van der Waals surface area contributed by atoms with E-state index in [0.717, 1.165) is 16.8 Å². The molecular formula is C10H11NS. The standard InChI is InChI=1S/C10H11NS/c1-8-4-5-9(3-2-6-12)7-10(8)11/h4-5,7,12H,6,11H2,1H3.